The van der Waals surface area contributed by atoms with Gasteiger partial charge in [0.25, 0.3) is 0 Å². The molecule has 0 amide bonds. The summed E-state index contributed by atoms with van der Waals surface area (Å²) in [6.45, 7) is 4.19. The van der Waals surface area contributed by atoms with E-state index in [4.69, 9.17) is 0 Å². The minimum atomic E-state index is 0. The number of aromatic hydroxyl groups is 1. The van der Waals surface area contributed by atoms with E-state index in [1.54, 1.807) is 12.1 Å². The van der Waals surface area contributed by atoms with Crippen LogP contribution in [0.5, 0.6) is 5.75 Å². The molecule has 0 aliphatic heterocycles. The van der Waals surface area contributed by atoms with Gasteiger partial charge in [-0.2, -0.15) is 0 Å². The fourth-order valence-electron chi connectivity index (χ4n) is 2.45. The molecule has 0 aliphatic rings. The highest BCUT2D eigenvalue weighted by molar-refractivity contribution is 5.85. The van der Waals surface area contributed by atoms with Gasteiger partial charge in [0.2, 0.25) is 0 Å². The van der Waals surface area contributed by atoms with Crippen LogP contribution >= 0.6 is 12.4 Å². The predicted molar refractivity (Wildman–Crippen MR) is 96.6 cm³/mol. The van der Waals surface area contributed by atoms with Crippen LogP contribution in [0.1, 0.15) is 17.5 Å². The molecule has 0 saturated carbocycles. The maximum atomic E-state index is 9.59. The Balaban J connectivity index is 0.00000242. The average Bonchev–Trinajstić information content (AvgIpc) is 2.47. The molecule has 3 heteroatoms. The summed E-state index contributed by atoms with van der Waals surface area (Å²) in [6, 6.07) is 18.2. The molecule has 0 spiro atoms. The Bertz CT molecular complexity index is 595. The fraction of sp³-hybridized carbons (Fsp3) is 0.263. The molecule has 0 aliphatic carbocycles. The molecule has 0 radical (unpaired) electrons. The standard InChI is InChI=1S/C19H23NO.ClH/c1-15(17-10-7-11-19(21)14-17)12-18(20(2)3)13-16-8-5-4-6-9-16;/h4-11,14,18,21H,1,12-13H2,2-3H3;1H. The molecule has 2 aromatic carbocycles. The Morgan fingerprint density at radius 3 is 2.36 bits per heavy atom. The second-order valence-corrected chi connectivity index (χ2v) is 5.67. The minimum Gasteiger partial charge on any atom is -0.508 e. The van der Waals surface area contributed by atoms with Crippen LogP contribution < -0.4 is 0 Å². The zero-order chi connectivity index (χ0) is 15.2. The molecule has 0 heterocycles. The SMILES string of the molecule is C=C(CC(Cc1ccccc1)N(C)C)c1cccc(O)c1.Cl. The van der Waals surface area contributed by atoms with E-state index in [0.29, 0.717) is 6.04 Å². The van der Waals surface area contributed by atoms with E-state index in [1.165, 1.54) is 5.56 Å². The number of phenols is 1. The molecule has 0 saturated heterocycles. The van der Waals surface area contributed by atoms with E-state index in [9.17, 15) is 5.11 Å². The number of halogens is 1. The van der Waals surface area contributed by atoms with E-state index in [2.05, 4.69) is 49.8 Å². The third-order valence-electron chi connectivity index (χ3n) is 3.78. The second kappa shape index (κ2) is 8.62. The first-order chi connectivity index (χ1) is 10.1. The molecule has 2 aromatic rings. The lowest BCUT2D eigenvalue weighted by Gasteiger charge is -2.25. The highest BCUT2D eigenvalue weighted by Gasteiger charge is 2.14. The average molecular weight is 318 g/mol. The highest BCUT2D eigenvalue weighted by atomic mass is 35.5. The Morgan fingerprint density at radius 2 is 1.77 bits per heavy atom. The van der Waals surface area contributed by atoms with Gasteiger partial charge in [0.05, 0.1) is 0 Å². The van der Waals surface area contributed by atoms with Crippen LogP contribution in [-0.2, 0) is 6.42 Å². The largest absolute Gasteiger partial charge is 0.508 e. The van der Waals surface area contributed by atoms with Crippen LogP contribution in [0, 0.1) is 0 Å². The molecular weight excluding hydrogens is 294 g/mol. The van der Waals surface area contributed by atoms with Crippen molar-refractivity contribution in [2.45, 2.75) is 18.9 Å². The molecule has 0 bridgehead atoms. The summed E-state index contributed by atoms with van der Waals surface area (Å²) < 4.78 is 0. The lowest BCUT2D eigenvalue weighted by atomic mass is 9.95. The molecule has 118 valence electrons. The Hall–Kier alpha value is -1.77. The molecule has 0 fully saturated rings. The number of likely N-dealkylation sites (N-methyl/N-ethyl adjacent to an activating group) is 1. The van der Waals surface area contributed by atoms with Gasteiger partial charge in [0, 0.05) is 6.04 Å². The van der Waals surface area contributed by atoms with Crippen molar-refractivity contribution < 1.29 is 5.11 Å². The van der Waals surface area contributed by atoms with Crippen molar-refractivity contribution in [2.24, 2.45) is 0 Å². The fourth-order valence-corrected chi connectivity index (χ4v) is 2.45. The van der Waals surface area contributed by atoms with E-state index in [1.807, 2.05) is 18.2 Å². The number of benzene rings is 2. The van der Waals surface area contributed by atoms with Gasteiger partial charge in [0.1, 0.15) is 5.75 Å². The molecule has 2 rings (SSSR count). The first-order valence-corrected chi connectivity index (χ1v) is 7.24. The van der Waals surface area contributed by atoms with Crippen LogP contribution in [0.2, 0.25) is 0 Å². The third kappa shape index (κ3) is 5.21. The van der Waals surface area contributed by atoms with Crippen molar-refractivity contribution >= 4 is 18.0 Å². The van der Waals surface area contributed by atoms with Crippen LogP contribution in [0.4, 0.5) is 0 Å². The Labute approximate surface area is 139 Å². The summed E-state index contributed by atoms with van der Waals surface area (Å²) in [5.74, 6) is 0.290. The summed E-state index contributed by atoms with van der Waals surface area (Å²) in [4.78, 5) is 2.24. The van der Waals surface area contributed by atoms with Crippen molar-refractivity contribution in [3.63, 3.8) is 0 Å². The van der Waals surface area contributed by atoms with Crippen LogP contribution in [0.15, 0.2) is 61.2 Å². The molecular formula is C19H24ClNO. The van der Waals surface area contributed by atoms with E-state index >= 15 is 0 Å². The Kier molecular flexibility index (Phi) is 7.16. The highest BCUT2D eigenvalue weighted by Crippen LogP contribution is 2.24. The number of nitrogens with zero attached hydrogens (tertiary/aromatic N) is 1. The molecule has 1 unspecified atom stereocenters. The number of hydrogen-bond acceptors (Lipinski definition) is 2. The zero-order valence-electron chi connectivity index (χ0n) is 13.2. The van der Waals surface area contributed by atoms with Crippen molar-refractivity contribution in [1.82, 2.24) is 4.90 Å². The van der Waals surface area contributed by atoms with Crippen molar-refractivity contribution in [3.05, 3.63) is 72.3 Å². The van der Waals surface area contributed by atoms with Gasteiger partial charge in [0.15, 0.2) is 0 Å². The van der Waals surface area contributed by atoms with Crippen LogP contribution in [0.25, 0.3) is 5.57 Å². The Morgan fingerprint density at radius 1 is 1.09 bits per heavy atom. The number of rotatable bonds is 6. The first kappa shape index (κ1) is 18.3. The normalized spacial score (nSPS) is 11.8. The maximum Gasteiger partial charge on any atom is 0.116 e. The lowest BCUT2D eigenvalue weighted by molar-refractivity contribution is 0.296. The maximum absolute atomic E-state index is 9.59. The van der Waals surface area contributed by atoms with Crippen LogP contribution in [-0.4, -0.2) is 30.1 Å². The zero-order valence-corrected chi connectivity index (χ0v) is 14.0. The summed E-state index contributed by atoms with van der Waals surface area (Å²) in [5.41, 5.74) is 3.40. The number of phenolic OH excluding ortho intramolecular Hbond substituents is 1. The second-order valence-electron chi connectivity index (χ2n) is 5.67. The summed E-state index contributed by atoms with van der Waals surface area (Å²) in [5, 5.41) is 9.59. The molecule has 1 atom stereocenters. The smallest absolute Gasteiger partial charge is 0.116 e. The lowest BCUT2D eigenvalue weighted by Crippen LogP contribution is -2.30. The van der Waals surface area contributed by atoms with Crippen molar-refractivity contribution in [3.8, 4) is 5.75 Å². The summed E-state index contributed by atoms with van der Waals surface area (Å²) in [6.07, 6.45) is 1.87. The minimum absolute atomic E-state index is 0. The van der Waals surface area contributed by atoms with Crippen LogP contribution in [0.3, 0.4) is 0 Å². The molecule has 22 heavy (non-hydrogen) atoms. The van der Waals surface area contributed by atoms with Gasteiger partial charge in [-0.05, 0) is 55.8 Å². The quantitative estimate of drug-likeness (QED) is 0.854. The first-order valence-electron chi connectivity index (χ1n) is 7.24. The number of hydrogen-bond donors (Lipinski definition) is 1. The predicted octanol–water partition coefficient (Wildman–Crippen LogP) is 4.39. The third-order valence-corrected chi connectivity index (χ3v) is 3.78. The van der Waals surface area contributed by atoms with E-state index < -0.39 is 0 Å². The summed E-state index contributed by atoms with van der Waals surface area (Å²) in [7, 11) is 4.20. The summed E-state index contributed by atoms with van der Waals surface area (Å²) >= 11 is 0. The van der Waals surface area contributed by atoms with E-state index in [0.717, 1.165) is 24.0 Å². The molecule has 1 N–H and O–H groups in total. The topological polar surface area (TPSA) is 23.5 Å². The van der Waals surface area contributed by atoms with Gasteiger partial charge in [-0.15, -0.1) is 12.4 Å². The molecule has 2 nitrogen and oxygen atoms in total. The van der Waals surface area contributed by atoms with E-state index in [-0.39, 0.29) is 18.2 Å². The van der Waals surface area contributed by atoms with Gasteiger partial charge in [-0.25, -0.2) is 0 Å². The molecule has 0 aromatic heterocycles. The monoisotopic (exact) mass is 317 g/mol. The van der Waals surface area contributed by atoms with Gasteiger partial charge in [-0.1, -0.05) is 49.0 Å². The van der Waals surface area contributed by atoms with Gasteiger partial charge in [-0.3, -0.25) is 0 Å². The van der Waals surface area contributed by atoms with Gasteiger partial charge < -0.3 is 10.0 Å². The van der Waals surface area contributed by atoms with Gasteiger partial charge >= 0.3 is 0 Å². The van der Waals surface area contributed by atoms with Crippen molar-refractivity contribution in [1.29, 1.82) is 0 Å². The van der Waals surface area contributed by atoms with Crippen molar-refractivity contribution in [2.75, 3.05) is 14.1 Å².